The molecule has 2 aliphatic heterocycles. The summed E-state index contributed by atoms with van der Waals surface area (Å²) in [6.07, 6.45) is 3.03. The van der Waals surface area contributed by atoms with Crippen molar-refractivity contribution in [1.82, 2.24) is 25.3 Å². The lowest BCUT2D eigenvalue weighted by Crippen LogP contribution is -2.52. The molecule has 4 amide bonds. The summed E-state index contributed by atoms with van der Waals surface area (Å²) >= 11 is 0. The molecule has 0 unspecified atom stereocenters. The average molecular weight is 435 g/mol. The Morgan fingerprint density at radius 3 is 2.62 bits per heavy atom. The third kappa shape index (κ3) is 3.08. The molecular formula is C22H18FN5O4. The fraction of sp³-hybridized carbons (Fsp3) is 0.182. The molecule has 1 aromatic heterocycles. The van der Waals surface area contributed by atoms with Crippen LogP contribution in [0.3, 0.4) is 0 Å². The summed E-state index contributed by atoms with van der Waals surface area (Å²) in [6, 6.07) is 10.2. The van der Waals surface area contributed by atoms with Gasteiger partial charge < -0.3 is 15.0 Å². The highest BCUT2D eigenvalue weighted by molar-refractivity contribution is 6.08. The van der Waals surface area contributed by atoms with Crippen LogP contribution in [0.4, 0.5) is 9.18 Å². The number of halogens is 1. The molecule has 3 aromatic rings. The van der Waals surface area contributed by atoms with Gasteiger partial charge in [0.2, 0.25) is 0 Å². The van der Waals surface area contributed by atoms with E-state index in [1.165, 1.54) is 35.0 Å². The van der Waals surface area contributed by atoms with E-state index in [1.54, 1.807) is 36.5 Å². The van der Waals surface area contributed by atoms with Crippen molar-refractivity contribution < 1.29 is 23.5 Å². The van der Waals surface area contributed by atoms with Crippen LogP contribution >= 0.6 is 0 Å². The van der Waals surface area contributed by atoms with Crippen LogP contribution in [0.5, 0.6) is 5.75 Å². The van der Waals surface area contributed by atoms with Gasteiger partial charge in [0.25, 0.3) is 11.8 Å². The predicted molar refractivity (Wildman–Crippen MR) is 110 cm³/mol. The van der Waals surface area contributed by atoms with E-state index in [0.717, 1.165) is 5.56 Å². The zero-order chi connectivity index (χ0) is 22.5. The van der Waals surface area contributed by atoms with E-state index in [-0.39, 0.29) is 24.8 Å². The predicted octanol–water partition coefficient (Wildman–Crippen LogP) is 1.71. The Labute approximate surface area is 181 Å². The molecule has 1 atom stereocenters. The van der Waals surface area contributed by atoms with Gasteiger partial charge in [0.1, 0.15) is 11.6 Å². The van der Waals surface area contributed by atoms with Gasteiger partial charge in [-0.2, -0.15) is 5.10 Å². The number of urea groups is 1. The molecule has 0 radical (unpaired) electrons. The van der Waals surface area contributed by atoms with Crippen molar-refractivity contribution in [1.29, 1.82) is 0 Å². The van der Waals surface area contributed by atoms with Crippen LogP contribution in [0.2, 0.25) is 0 Å². The lowest BCUT2D eigenvalue weighted by atomic mass is 9.92. The first-order valence-electron chi connectivity index (χ1n) is 9.80. The van der Waals surface area contributed by atoms with Gasteiger partial charge in [-0.25, -0.2) is 13.9 Å². The first-order chi connectivity index (χ1) is 15.4. The topological polar surface area (TPSA) is 106 Å². The molecular weight excluding hydrogens is 417 g/mol. The number of benzene rings is 2. The summed E-state index contributed by atoms with van der Waals surface area (Å²) in [5.41, 5.74) is 0.752. The second-order valence-corrected chi connectivity index (χ2v) is 7.65. The van der Waals surface area contributed by atoms with Crippen LogP contribution in [0.25, 0.3) is 5.69 Å². The maximum atomic E-state index is 13.3. The van der Waals surface area contributed by atoms with E-state index >= 15 is 0 Å². The second-order valence-electron chi connectivity index (χ2n) is 7.65. The number of carbonyl (C=O) groups is 3. The molecule has 2 aliphatic rings. The number of ether oxygens (including phenoxy) is 1. The molecule has 0 bridgehead atoms. The Morgan fingerprint density at radius 2 is 1.94 bits per heavy atom. The Hall–Kier alpha value is -4.21. The van der Waals surface area contributed by atoms with Crippen molar-refractivity contribution in [2.24, 2.45) is 0 Å². The number of hydrogen-bond acceptors (Lipinski definition) is 5. The molecule has 9 nitrogen and oxygen atoms in total. The number of aromatic nitrogens is 2. The van der Waals surface area contributed by atoms with Crippen molar-refractivity contribution in [2.75, 3.05) is 13.7 Å². The fourth-order valence-electron chi connectivity index (χ4n) is 4.06. The van der Waals surface area contributed by atoms with E-state index in [1.807, 2.05) is 0 Å². The average Bonchev–Trinajstić information content (AvgIpc) is 3.46. The smallest absolute Gasteiger partial charge is 0.322 e. The highest BCUT2D eigenvalue weighted by atomic mass is 19.1. The van der Waals surface area contributed by atoms with Gasteiger partial charge in [-0.3, -0.25) is 14.9 Å². The summed E-state index contributed by atoms with van der Waals surface area (Å²) in [4.78, 5) is 39.6. The Morgan fingerprint density at radius 1 is 1.16 bits per heavy atom. The second kappa shape index (κ2) is 7.19. The first-order valence-corrected chi connectivity index (χ1v) is 9.80. The van der Waals surface area contributed by atoms with Crippen molar-refractivity contribution in [2.45, 2.75) is 12.1 Å². The highest BCUT2D eigenvalue weighted by Gasteiger charge is 2.51. The number of nitrogens with one attached hydrogen (secondary N) is 2. The molecule has 32 heavy (non-hydrogen) atoms. The van der Waals surface area contributed by atoms with E-state index in [2.05, 4.69) is 15.7 Å². The largest absolute Gasteiger partial charge is 0.497 e. The molecule has 162 valence electrons. The molecule has 0 spiro atoms. The highest BCUT2D eigenvalue weighted by Crippen LogP contribution is 2.32. The van der Waals surface area contributed by atoms with Crippen LogP contribution in [0, 0.1) is 5.82 Å². The maximum Gasteiger partial charge on any atom is 0.322 e. The zero-order valence-corrected chi connectivity index (χ0v) is 17.0. The van der Waals surface area contributed by atoms with Gasteiger partial charge in [-0.05, 0) is 42.0 Å². The molecule has 3 heterocycles. The molecule has 1 saturated heterocycles. The van der Waals surface area contributed by atoms with Crippen molar-refractivity contribution >= 4 is 17.8 Å². The number of imide groups is 1. The zero-order valence-electron chi connectivity index (χ0n) is 17.0. The third-order valence-electron chi connectivity index (χ3n) is 5.73. The molecule has 2 aromatic carbocycles. The van der Waals surface area contributed by atoms with Crippen LogP contribution in [0.1, 0.15) is 21.5 Å². The van der Waals surface area contributed by atoms with Crippen LogP contribution in [-0.4, -0.2) is 46.2 Å². The number of methoxy groups -OCH3 is 1. The van der Waals surface area contributed by atoms with Gasteiger partial charge in [0.05, 0.1) is 25.5 Å². The van der Waals surface area contributed by atoms with E-state index in [4.69, 9.17) is 4.74 Å². The Bertz CT molecular complexity index is 1260. The fourth-order valence-corrected chi connectivity index (χ4v) is 4.06. The minimum absolute atomic E-state index is 0.0878. The first kappa shape index (κ1) is 19.7. The normalized spacial score (nSPS) is 19.7. The lowest BCUT2D eigenvalue weighted by molar-refractivity contribution is -0.124. The van der Waals surface area contributed by atoms with Crippen molar-refractivity contribution in [3.05, 3.63) is 77.4 Å². The molecule has 1 fully saturated rings. The number of carbonyl (C=O) groups excluding carboxylic acids is 3. The molecule has 0 saturated carbocycles. The SMILES string of the molecule is COc1ccc2c(c1)C(=O)N(C[C@@]1(c3cnn(-c4ccc(F)cc4)c3)NC(=O)NC1=O)C2. The number of rotatable bonds is 5. The van der Waals surface area contributed by atoms with Gasteiger partial charge in [0, 0.05) is 23.9 Å². The number of amides is 4. The number of fused-ring (bicyclic) bond motifs is 1. The summed E-state index contributed by atoms with van der Waals surface area (Å²) in [7, 11) is 1.52. The maximum absolute atomic E-state index is 13.3. The van der Waals surface area contributed by atoms with E-state index in [0.29, 0.717) is 22.6 Å². The monoisotopic (exact) mass is 435 g/mol. The standard InChI is InChI=1S/C22H18FN5O4/c1-32-17-7-2-13-10-27(19(29)18(13)8-17)12-22(20(30)25-21(31)26-22)14-9-24-28(11-14)16-5-3-15(23)4-6-16/h2-9,11H,10,12H2,1H3,(H2,25,26,30,31)/t22-/m0/s1. The van der Waals surface area contributed by atoms with Crippen molar-refractivity contribution in [3.63, 3.8) is 0 Å². The minimum atomic E-state index is -1.52. The minimum Gasteiger partial charge on any atom is -0.497 e. The molecule has 2 N–H and O–H groups in total. The molecule has 5 rings (SSSR count). The summed E-state index contributed by atoms with van der Waals surface area (Å²) in [6.45, 7) is 0.199. The molecule has 10 heteroatoms. The molecule has 0 aliphatic carbocycles. The Kier molecular flexibility index (Phi) is 4.43. The summed E-state index contributed by atoms with van der Waals surface area (Å²) in [5, 5.41) is 9.19. The number of nitrogens with zero attached hydrogens (tertiary/aromatic N) is 3. The summed E-state index contributed by atoms with van der Waals surface area (Å²) < 4.78 is 19.9. The Balaban J connectivity index is 1.49. The van der Waals surface area contributed by atoms with Gasteiger partial charge in [-0.15, -0.1) is 0 Å². The van der Waals surface area contributed by atoms with Gasteiger partial charge in [-0.1, -0.05) is 6.07 Å². The van der Waals surface area contributed by atoms with Gasteiger partial charge in [0.15, 0.2) is 5.54 Å². The third-order valence-corrected chi connectivity index (χ3v) is 5.73. The van der Waals surface area contributed by atoms with Crippen molar-refractivity contribution in [3.8, 4) is 11.4 Å². The lowest BCUT2D eigenvalue weighted by Gasteiger charge is -2.30. The van der Waals surface area contributed by atoms with E-state index < -0.39 is 17.5 Å². The van der Waals surface area contributed by atoms with E-state index in [9.17, 15) is 18.8 Å². The summed E-state index contributed by atoms with van der Waals surface area (Å²) in [5.74, 6) is -0.675. The van der Waals surface area contributed by atoms with Gasteiger partial charge >= 0.3 is 6.03 Å². The van der Waals surface area contributed by atoms with Crippen LogP contribution < -0.4 is 15.4 Å². The van der Waals surface area contributed by atoms with Crippen LogP contribution in [-0.2, 0) is 16.9 Å². The number of hydrogen-bond donors (Lipinski definition) is 2. The quantitative estimate of drug-likeness (QED) is 0.594. The van der Waals surface area contributed by atoms with Crippen LogP contribution in [0.15, 0.2) is 54.9 Å².